The highest BCUT2D eigenvalue weighted by Crippen LogP contribution is 2.47. The third-order valence-electron chi connectivity index (χ3n) is 9.80. The van der Waals surface area contributed by atoms with E-state index in [2.05, 4.69) is 65.2 Å². The van der Waals surface area contributed by atoms with Crippen molar-refractivity contribution in [1.82, 2.24) is 10.6 Å². The van der Waals surface area contributed by atoms with Crippen molar-refractivity contribution in [2.24, 2.45) is 0 Å². The van der Waals surface area contributed by atoms with E-state index in [1.165, 1.54) is 0 Å². The number of nitrogens with zero attached hydrogens (tertiary/aromatic N) is 4. The lowest BCUT2D eigenvalue weighted by molar-refractivity contribution is -0.672. The summed E-state index contributed by atoms with van der Waals surface area (Å²) in [4.78, 5) is 45.5. The van der Waals surface area contributed by atoms with Crippen molar-refractivity contribution in [1.29, 1.82) is 0 Å². The van der Waals surface area contributed by atoms with Crippen LogP contribution in [0.3, 0.4) is 0 Å². The van der Waals surface area contributed by atoms with Gasteiger partial charge in [-0.05, 0) is 93.4 Å². The van der Waals surface area contributed by atoms with Crippen LogP contribution in [0.4, 0.5) is 17.1 Å². The Balaban J connectivity index is 1.23. The van der Waals surface area contributed by atoms with E-state index < -0.39 is 12.0 Å². The Kier molecular flexibility index (Phi) is 14.4. The molecule has 6 rings (SSSR count). The number of fused-ring (bicyclic) bond motifs is 2. The molecule has 0 fully saturated rings. The Morgan fingerprint density at radius 1 is 0.862 bits per heavy atom. The van der Waals surface area contributed by atoms with Crippen molar-refractivity contribution < 1.29 is 24.1 Å². The molecule has 14 heteroatoms. The van der Waals surface area contributed by atoms with Gasteiger partial charge in [-0.15, -0.1) is 0 Å². The predicted octanol–water partition coefficient (Wildman–Crippen LogP) is 9.17. The van der Waals surface area contributed by atoms with Crippen molar-refractivity contribution in [2.45, 2.75) is 64.2 Å². The molecule has 58 heavy (non-hydrogen) atoms. The maximum atomic E-state index is 13.5. The average Bonchev–Trinajstić information content (AvgIpc) is 3.73. The molecule has 2 heterocycles. The summed E-state index contributed by atoms with van der Waals surface area (Å²) >= 11 is 16.2. The molecule has 5 aromatic rings. The normalized spacial score (nSPS) is 13.8. The molecule has 0 saturated carbocycles. The molecule has 1 atom stereocenters. The summed E-state index contributed by atoms with van der Waals surface area (Å²) in [6.45, 7) is 8.75. The first-order chi connectivity index (χ1) is 27.9. The topological polar surface area (TPSA) is 109 Å². The fraction of sp³-hybridized carbons (Fsp3) is 0.273. The molecule has 3 N–H and O–H groups in total. The molecule has 0 radical (unpaired) electrons. The molecule has 10 nitrogen and oxygen atoms in total. The van der Waals surface area contributed by atoms with Crippen LogP contribution in [0.2, 0.25) is 10.0 Å². The molecule has 4 aromatic carbocycles. The Hall–Kier alpha value is -5.01. The van der Waals surface area contributed by atoms with Gasteiger partial charge in [0.05, 0.1) is 23.9 Å². The van der Waals surface area contributed by atoms with Crippen molar-refractivity contribution in [3.63, 3.8) is 0 Å². The number of hydrogen-bond acceptors (Lipinski definition) is 8. The first-order valence-electron chi connectivity index (χ1n) is 19.1. The number of carbonyl (C=O) groups is 3. The maximum absolute atomic E-state index is 13.5. The number of aliphatic carboxylic acids is 1. The summed E-state index contributed by atoms with van der Waals surface area (Å²) in [6, 6.07) is 30.0. The van der Waals surface area contributed by atoms with Crippen LogP contribution in [0.15, 0.2) is 119 Å². The Labute approximate surface area is 357 Å². The van der Waals surface area contributed by atoms with Gasteiger partial charge in [0.15, 0.2) is 0 Å². The zero-order chi connectivity index (χ0) is 41.3. The van der Waals surface area contributed by atoms with Gasteiger partial charge in [-0.25, -0.2) is 4.79 Å². The number of nitrogens with one attached hydrogen (secondary N) is 2. The Morgan fingerprint density at radius 3 is 2.17 bits per heavy atom. The number of para-hydroxylation sites is 2. The fourth-order valence-electron chi connectivity index (χ4n) is 6.62. The first-order valence-corrected chi connectivity index (χ1v) is 21.5. The second kappa shape index (κ2) is 19.6. The number of thioether (sulfide) groups is 1. The van der Waals surface area contributed by atoms with E-state index in [4.69, 9.17) is 23.2 Å². The second-order valence-corrected chi connectivity index (χ2v) is 17.0. The summed E-state index contributed by atoms with van der Waals surface area (Å²) in [5.74, 6) is -1.40. The van der Waals surface area contributed by atoms with Crippen LogP contribution in [0, 0.1) is 0 Å². The van der Waals surface area contributed by atoms with Crippen molar-refractivity contribution >= 4 is 97.4 Å². The number of carbonyl (C=O) groups excluding carboxylic acids is 2. The zero-order valence-corrected chi connectivity index (χ0v) is 36.0. The smallest absolute Gasteiger partial charge is 0.326 e. The lowest BCUT2D eigenvalue weighted by Gasteiger charge is -2.29. The van der Waals surface area contributed by atoms with Crippen LogP contribution in [-0.4, -0.2) is 54.7 Å². The highest BCUT2D eigenvalue weighted by Gasteiger charge is 2.28. The van der Waals surface area contributed by atoms with Crippen LogP contribution < -0.4 is 29.9 Å². The summed E-state index contributed by atoms with van der Waals surface area (Å²) in [6.07, 6.45) is 5.28. The minimum Gasteiger partial charge on any atom is -0.480 e. The van der Waals surface area contributed by atoms with Crippen LogP contribution in [0.5, 0.6) is 0 Å². The molecule has 1 aromatic heterocycles. The molecule has 0 spiro atoms. The maximum Gasteiger partial charge on any atom is 0.326 e. The number of rotatable bonds is 17. The van der Waals surface area contributed by atoms with Gasteiger partial charge in [-0.1, -0.05) is 89.6 Å². The molecule has 0 aliphatic carbocycles. The number of carboxylic acids is 1. The number of carboxylic acid groups (broad SMARTS) is 1. The molecule has 0 bridgehead atoms. The first kappa shape index (κ1) is 42.6. The molecule has 1 unspecified atom stereocenters. The minimum atomic E-state index is -1.03. The van der Waals surface area contributed by atoms with Gasteiger partial charge < -0.3 is 30.4 Å². The van der Waals surface area contributed by atoms with Crippen LogP contribution in [0.25, 0.3) is 16.3 Å². The average molecular weight is 859 g/mol. The monoisotopic (exact) mass is 857 g/mol. The molecular weight excluding hydrogens is 812 g/mol. The minimum absolute atomic E-state index is 0.0519. The number of allylic oxidation sites excluding steroid dienone is 2. The molecular formula is C44H47Cl2N6O4S2+. The molecule has 0 saturated heterocycles. The van der Waals surface area contributed by atoms with Crippen molar-refractivity contribution in [3.8, 4) is 0 Å². The number of amides is 2. The van der Waals surface area contributed by atoms with E-state index in [1.54, 1.807) is 47.1 Å². The lowest BCUT2D eigenvalue weighted by atomic mass is 10.2. The Bertz CT molecular complexity index is 2320. The van der Waals surface area contributed by atoms with Crippen LogP contribution in [-0.2, 0) is 21.1 Å². The van der Waals surface area contributed by atoms with E-state index in [0.29, 0.717) is 35.1 Å². The van der Waals surface area contributed by atoms with E-state index in [0.717, 1.165) is 42.1 Å². The second-order valence-electron chi connectivity index (χ2n) is 14.0. The third kappa shape index (κ3) is 10.5. The van der Waals surface area contributed by atoms with Gasteiger partial charge in [-0.2, -0.15) is 4.57 Å². The third-order valence-corrected chi connectivity index (χ3v) is 12.5. The number of aromatic nitrogens is 1. The zero-order valence-electron chi connectivity index (χ0n) is 32.8. The SMILES string of the molecule is CCC(=Cc1sc2ccc(Cl)cc2[n+]1CNC(=O)CCN(c1ccccc1)C(C)C)C=C1Sc2ccc(Cl)cc2N1CNC(=O)CN(c1ccccc1)C(C)C(=O)O. The van der Waals surface area contributed by atoms with E-state index in [-0.39, 0.29) is 37.7 Å². The number of thiazole rings is 1. The van der Waals surface area contributed by atoms with Gasteiger partial charge in [0.2, 0.25) is 24.0 Å². The number of halogens is 2. The van der Waals surface area contributed by atoms with Crippen LogP contribution >= 0.6 is 46.3 Å². The van der Waals surface area contributed by atoms with E-state index in [1.807, 2.05) is 77.7 Å². The number of hydrogen-bond donors (Lipinski definition) is 3. The summed E-state index contributed by atoms with van der Waals surface area (Å²) in [5, 5.41) is 19.0. The summed E-state index contributed by atoms with van der Waals surface area (Å²) in [7, 11) is 0. The Morgan fingerprint density at radius 2 is 1.52 bits per heavy atom. The summed E-state index contributed by atoms with van der Waals surface area (Å²) in [5.41, 5.74) is 4.52. The van der Waals surface area contributed by atoms with Gasteiger partial charge >= 0.3 is 5.97 Å². The summed E-state index contributed by atoms with van der Waals surface area (Å²) < 4.78 is 3.12. The van der Waals surface area contributed by atoms with Gasteiger partial charge in [0, 0.05) is 57.5 Å². The van der Waals surface area contributed by atoms with Crippen molar-refractivity contribution in [2.75, 3.05) is 34.5 Å². The molecule has 1 aliphatic rings. The molecule has 2 amide bonds. The fourth-order valence-corrected chi connectivity index (χ4v) is 9.19. The van der Waals surface area contributed by atoms with Gasteiger partial charge in [-0.3, -0.25) is 9.59 Å². The van der Waals surface area contributed by atoms with E-state index >= 15 is 0 Å². The number of anilines is 3. The molecule has 302 valence electrons. The number of benzene rings is 4. The highest BCUT2D eigenvalue weighted by atomic mass is 35.5. The van der Waals surface area contributed by atoms with Gasteiger partial charge in [0.25, 0.3) is 5.01 Å². The molecule has 1 aliphatic heterocycles. The lowest BCUT2D eigenvalue weighted by Crippen LogP contribution is -2.47. The van der Waals surface area contributed by atoms with Gasteiger partial charge in [0.1, 0.15) is 10.7 Å². The highest BCUT2D eigenvalue weighted by molar-refractivity contribution is 8.03. The van der Waals surface area contributed by atoms with E-state index in [9.17, 15) is 19.5 Å². The predicted molar refractivity (Wildman–Crippen MR) is 239 cm³/mol. The standard InChI is InChI=1S/C44H46Cl2N6O4S2/c1-5-31(22-42-51(36-24-32(45)16-18-38(36)57-42)27-47-40(53)20-21-49(29(2)3)34-12-8-6-9-13-34)23-43-52(37-25-33(46)17-19-39(37)58-43)28-48-41(54)26-50(30(4)44(55)56)35-14-10-7-11-15-35/h6-19,22-25,29-30H,5,20-21,26-28H2,1-4H3,(H2-,47,48,53,54,55,56)/p+1. The van der Waals surface area contributed by atoms with Crippen LogP contribution in [0.1, 0.15) is 45.5 Å². The van der Waals surface area contributed by atoms with Crippen molar-refractivity contribution in [3.05, 3.63) is 129 Å². The largest absolute Gasteiger partial charge is 0.480 e. The quantitative estimate of drug-likeness (QED) is 0.0796.